The van der Waals surface area contributed by atoms with Gasteiger partial charge in [0.25, 0.3) is 0 Å². The van der Waals surface area contributed by atoms with Gasteiger partial charge in [0.05, 0.1) is 0 Å². The van der Waals surface area contributed by atoms with Gasteiger partial charge in [0.15, 0.2) is 0 Å². The van der Waals surface area contributed by atoms with Crippen LogP contribution in [0.1, 0.15) is 0 Å². The van der Waals surface area contributed by atoms with E-state index in [2.05, 4.69) is 19.6 Å². The van der Waals surface area contributed by atoms with Gasteiger partial charge in [0, 0.05) is 62.1 Å². The molecule has 0 aromatic heterocycles. The Morgan fingerprint density at radius 2 is 1.86 bits per heavy atom. The predicted molar refractivity (Wildman–Crippen MR) is 101 cm³/mol. The summed E-state index contributed by atoms with van der Waals surface area (Å²) in [7, 11) is 6.44. The van der Waals surface area contributed by atoms with Gasteiger partial charge in [-0.15, -0.1) is 0 Å². The van der Waals surface area contributed by atoms with Gasteiger partial charge in [-0.05, 0) is 17.1 Å². The van der Waals surface area contributed by atoms with Crippen LogP contribution >= 0.6 is 0 Å². The highest BCUT2D eigenvalue weighted by Gasteiger charge is 2.35. The molecule has 14 heavy (non-hydrogen) atoms. The van der Waals surface area contributed by atoms with Crippen molar-refractivity contribution >= 4 is 79.2 Å². The highest BCUT2D eigenvalue weighted by molar-refractivity contribution is 7.88. The summed E-state index contributed by atoms with van der Waals surface area (Å²) in [6, 6.07) is 0. The monoisotopic (exact) mass is 340 g/mol. The van der Waals surface area contributed by atoms with E-state index >= 15 is 0 Å². The lowest BCUT2D eigenvalue weighted by atomic mass is 10.9. The van der Waals surface area contributed by atoms with Crippen LogP contribution in [0.2, 0.25) is 30.0 Å². The number of hydrogen-bond acceptors (Lipinski definition) is 0. The highest BCUT2D eigenvalue weighted by Crippen LogP contribution is 2.18. The Morgan fingerprint density at radius 3 is 2.43 bits per heavy atom. The Kier molecular flexibility index (Phi) is 6.05. The van der Waals surface area contributed by atoms with Crippen molar-refractivity contribution in [2.24, 2.45) is 0 Å². The minimum absolute atomic E-state index is 0.0711. The van der Waals surface area contributed by atoms with Crippen molar-refractivity contribution in [3.63, 3.8) is 0 Å². The number of rotatable bonds is 1. The third-order valence-electron chi connectivity index (χ3n) is 5.19. The summed E-state index contributed by atoms with van der Waals surface area (Å²) in [5, 5.41) is 3.03. The van der Waals surface area contributed by atoms with Crippen LogP contribution in [0.15, 0.2) is 0 Å². The Morgan fingerprint density at radius 1 is 1.29 bits per heavy atom. The largest absolute Gasteiger partial charge is 0.0771 e. The molecule has 0 saturated carbocycles. The maximum Gasteiger partial charge on any atom is 0.0114 e. The van der Waals surface area contributed by atoms with Gasteiger partial charge in [0.2, 0.25) is 0 Å². The molecular formula is C5H28Si9. The molecule has 1 rings (SSSR count). The van der Waals surface area contributed by atoms with E-state index in [9.17, 15) is 0 Å². The molecule has 0 aromatic rings. The fourth-order valence-electron chi connectivity index (χ4n) is 2.76. The van der Waals surface area contributed by atoms with Gasteiger partial charge in [-0.2, -0.15) is 0 Å². The van der Waals surface area contributed by atoms with Gasteiger partial charge < -0.3 is 0 Å². The van der Waals surface area contributed by atoms with Crippen LogP contribution in [-0.2, 0) is 0 Å². The summed E-state index contributed by atoms with van der Waals surface area (Å²) in [4.78, 5) is 0. The van der Waals surface area contributed by atoms with Crippen LogP contribution in [0.3, 0.4) is 0 Å². The van der Waals surface area contributed by atoms with Gasteiger partial charge in [-0.1, -0.05) is 30.0 Å². The molecule has 1 fully saturated rings. The average molecular weight is 341 g/mol. The maximum absolute atomic E-state index is 2.94. The first-order valence-corrected chi connectivity index (χ1v) is 33.2. The van der Waals surface area contributed by atoms with Crippen LogP contribution in [0.5, 0.6) is 0 Å². The summed E-state index contributed by atoms with van der Waals surface area (Å²) >= 11 is 0. The zero-order valence-electron chi connectivity index (χ0n) is 10.8. The zero-order valence-corrected chi connectivity index (χ0v) is 24.0. The van der Waals surface area contributed by atoms with Crippen molar-refractivity contribution in [3.8, 4) is 0 Å². The van der Waals surface area contributed by atoms with Gasteiger partial charge in [-0.25, -0.2) is 0 Å². The van der Waals surface area contributed by atoms with E-state index in [1.165, 1.54) is 10.3 Å². The van der Waals surface area contributed by atoms with E-state index < -0.39 is 0 Å². The molecule has 9 heteroatoms. The second-order valence-corrected chi connectivity index (χ2v) is 72.2. The molecule has 1 aliphatic rings. The molecular weight excluding hydrogens is 313 g/mol. The maximum atomic E-state index is 2.94. The normalized spacial score (nSPS) is 53.8. The quantitative estimate of drug-likeness (QED) is 0.418. The Balaban J connectivity index is 2.65. The summed E-state index contributed by atoms with van der Waals surface area (Å²) in [6.07, 6.45) is 0. The number of hydrogen-bond donors (Lipinski definition) is 0. The zero-order chi connectivity index (χ0) is 10.8. The smallest absolute Gasteiger partial charge is 0.0114 e. The molecule has 4 atom stereocenters. The summed E-state index contributed by atoms with van der Waals surface area (Å²) in [5.74, 6) is 0. The first-order chi connectivity index (χ1) is 6.49. The average Bonchev–Trinajstić information content (AvgIpc) is 2.20. The fourth-order valence-corrected chi connectivity index (χ4v) is 205. The van der Waals surface area contributed by atoms with Crippen molar-refractivity contribution in [2.75, 3.05) is 0 Å². The molecule has 0 nitrogen and oxygen atoms in total. The third-order valence-corrected chi connectivity index (χ3v) is 146. The van der Waals surface area contributed by atoms with Crippen molar-refractivity contribution in [1.82, 2.24) is 0 Å². The Labute approximate surface area is 108 Å². The fraction of sp³-hybridized carbons (Fsp3) is 1.00. The lowest BCUT2D eigenvalue weighted by molar-refractivity contribution is 1.24. The van der Waals surface area contributed by atoms with Gasteiger partial charge >= 0.3 is 0 Å². The van der Waals surface area contributed by atoms with E-state index in [-0.39, 0.29) is 14.5 Å². The molecule has 0 aromatic carbocycles. The van der Waals surface area contributed by atoms with Crippen LogP contribution < -0.4 is 0 Å². The van der Waals surface area contributed by atoms with E-state index in [4.69, 9.17) is 0 Å². The predicted octanol–water partition coefficient (Wildman–Crippen LogP) is -5.55. The van der Waals surface area contributed by atoms with Gasteiger partial charge in [0.1, 0.15) is 0 Å². The molecule has 1 heterocycles. The SMILES string of the molecule is C[SiH2][Si]1(C)[SiH2][SiH2]C([SiH3])C([SiH3])[SiH2][SiH2][SiH]1C. The molecule has 0 spiro atoms. The first kappa shape index (κ1) is 14.0. The van der Waals surface area contributed by atoms with Crippen molar-refractivity contribution < 1.29 is 0 Å². The van der Waals surface area contributed by atoms with E-state index in [1.807, 2.05) is 0 Å². The standard InChI is InChI=1S/C5H28Si9/c1-8-14(3)12-10-5(7)4(6)9-11-13(14)2/h4-5,13H,8-12H2,1-3,6-7H3. The molecule has 0 bridgehead atoms. The topological polar surface area (TPSA) is 0 Å². The van der Waals surface area contributed by atoms with Crippen LogP contribution in [-0.4, -0.2) is 79.2 Å². The summed E-state index contributed by atoms with van der Waals surface area (Å²) in [6.45, 7) is 8.28. The second-order valence-electron chi connectivity index (χ2n) is 5.98. The second kappa shape index (κ2) is 6.04. The van der Waals surface area contributed by atoms with E-state index in [1.54, 1.807) is 20.5 Å². The first-order valence-electron chi connectivity index (χ1n) is 6.49. The van der Waals surface area contributed by atoms with Gasteiger partial charge in [-0.3, -0.25) is 0 Å². The summed E-state index contributed by atoms with van der Waals surface area (Å²) in [5.41, 5.74) is 0. The molecule has 84 valence electrons. The van der Waals surface area contributed by atoms with Crippen molar-refractivity contribution in [2.45, 2.75) is 30.0 Å². The minimum atomic E-state index is -0.255. The highest BCUT2D eigenvalue weighted by atomic mass is 30.1. The molecule has 4 unspecified atom stereocenters. The van der Waals surface area contributed by atoms with Crippen LogP contribution in [0.25, 0.3) is 0 Å². The molecule has 1 aliphatic heterocycles. The summed E-state index contributed by atoms with van der Waals surface area (Å²) < 4.78 is 0. The van der Waals surface area contributed by atoms with Crippen molar-refractivity contribution in [1.29, 1.82) is 0 Å². The van der Waals surface area contributed by atoms with Crippen molar-refractivity contribution in [3.05, 3.63) is 0 Å². The third kappa shape index (κ3) is 3.48. The lowest BCUT2D eigenvalue weighted by Gasteiger charge is -2.36. The Hall–Kier alpha value is 1.95. The minimum Gasteiger partial charge on any atom is -0.0771 e. The van der Waals surface area contributed by atoms with E-state index in [0.717, 1.165) is 0 Å². The Bertz CT molecular complexity index is 186. The molecule has 0 N–H and O–H groups in total. The lowest BCUT2D eigenvalue weighted by Crippen LogP contribution is -2.64. The van der Waals surface area contributed by atoms with E-state index in [0.29, 0.717) is 44.2 Å². The molecule has 0 amide bonds. The molecule has 0 radical (unpaired) electrons. The van der Waals surface area contributed by atoms with Crippen LogP contribution in [0, 0.1) is 0 Å². The molecule has 0 aliphatic carbocycles. The molecule has 1 saturated heterocycles. The van der Waals surface area contributed by atoms with Crippen LogP contribution in [0.4, 0.5) is 0 Å².